The van der Waals surface area contributed by atoms with Gasteiger partial charge in [0.1, 0.15) is 0 Å². The number of carbonyl (C=O) groups is 1. The van der Waals surface area contributed by atoms with Crippen molar-refractivity contribution < 1.29 is 14.5 Å². The Hall–Kier alpha value is -1.90. The Kier molecular flexibility index (Phi) is 6.57. The molecule has 0 aliphatic carbocycles. The maximum Gasteiger partial charge on any atom is 0.310 e. The molecule has 9 heteroatoms. The second-order valence-corrected chi connectivity index (χ2v) is 6.12. The van der Waals surface area contributed by atoms with Crippen LogP contribution in [0.5, 0.6) is 5.75 Å². The average Bonchev–Trinajstić information content (AvgIpc) is 3.15. The molecular weight excluding hydrogens is 348 g/mol. The molecule has 1 aromatic carbocycles. The zero-order valence-corrected chi connectivity index (χ0v) is 15.0. The van der Waals surface area contributed by atoms with Crippen molar-refractivity contribution >= 4 is 24.0 Å². The number of benzene rings is 1. The van der Waals surface area contributed by atoms with Gasteiger partial charge in [0.15, 0.2) is 5.75 Å². The topological polar surface area (TPSA) is 88.0 Å². The minimum absolute atomic E-state index is 0. The summed E-state index contributed by atoms with van der Waals surface area (Å²) < 4.78 is 5.04. The minimum atomic E-state index is -0.512. The highest BCUT2D eigenvalue weighted by Gasteiger charge is 2.28. The Morgan fingerprint density at radius 1 is 1.32 bits per heavy atom. The van der Waals surface area contributed by atoms with E-state index in [1.165, 1.54) is 25.3 Å². The second kappa shape index (κ2) is 8.46. The summed E-state index contributed by atoms with van der Waals surface area (Å²) in [5, 5.41) is 14.3. The van der Waals surface area contributed by atoms with E-state index in [4.69, 9.17) is 4.74 Å². The van der Waals surface area contributed by atoms with Crippen LogP contribution in [-0.4, -0.2) is 73.1 Å². The molecule has 0 saturated carbocycles. The Morgan fingerprint density at radius 3 is 2.60 bits per heavy atom. The van der Waals surface area contributed by atoms with Gasteiger partial charge in [-0.15, -0.1) is 12.4 Å². The quantitative estimate of drug-likeness (QED) is 0.631. The van der Waals surface area contributed by atoms with E-state index in [-0.39, 0.29) is 29.8 Å². The van der Waals surface area contributed by atoms with Crippen molar-refractivity contribution in [2.75, 3.05) is 46.4 Å². The fourth-order valence-electron chi connectivity index (χ4n) is 3.39. The van der Waals surface area contributed by atoms with Crippen LogP contribution in [0.4, 0.5) is 5.69 Å². The molecule has 0 aromatic heterocycles. The summed E-state index contributed by atoms with van der Waals surface area (Å²) in [6.45, 7) is 5.16. The normalized spacial score (nSPS) is 20.8. The lowest BCUT2D eigenvalue weighted by atomic mass is 10.1. The number of methoxy groups -OCH3 is 1. The van der Waals surface area contributed by atoms with E-state index in [2.05, 4.69) is 10.2 Å². The van der Waals surface area contributed by atoms with Crippen LogP contribution in [0.1, 0.15) is 16.8 Å². The third-order valence-corrected chi connectivity index (χ3v) is 4.78. The lowest BCUT2D eigenvalue weighted by Crippen LogP contribution is -2.52. The monoisotopic (exact) mass is 370 g/mol. The number of carbonyl (C=O) groups excluding carboxylic acids is 1. The van der Waals surface area contributed by atoms with Gasteiger partial charge in [-0.1, -0.05) is 0 Å². The maximum atomic E-state index is 12.6. The molecule has 1 N–H and O–H groups in total. The molecule has 138 valence electrons. The number of nitro benzene ring substituents is 1. The number of rotatable bonds is 4. The molecule has 3 rings (SSSR count). The van der Waals surface area contributed by atoms with Crippen molar-refractivity contribution in [1.29, 1.82) is 0 Å². The molecule has 1 unspecified atom stereocenters. The first-order chi connectivity index (χ1) is 11.6. The molecule has 0 bridgehead atoms. The Balaban J connectivity index is 0.00000225. The van der Waals surface area contributed by atoms with E-state index >= 15 is 0 Å². The largest absolute Gasteiger partial charge is 0.490 e. The summed E-state index contributed by atoms with van der Waals surface area (Å²) in [5.74, 6) is 0.00825. The number of piperazine rings is 1. The number of nitrogens with one attached hydrogen (secondary N) is 1. The summed E-state index contributed by atoms with van der Waals surface area (Å²) >= 11 is 0. The lowest BCUT2D eigenvalue weighted by Gasteiger charge is -2.37. The fourth-order valence-corrected chi connectivity index (χ4v) is 3.39. The highest BCUT2D eigenvalue weighted by atomic mass is 35.5. The minimum Gasteiger partial charge on any atom is -0.490 e. The van der Waals surface area contributed by atoms with E-state index < -0.39 is 4.92 Å². The van der Waals surface area contributed by atoms with Crippen molar-refractivity contribution in [1.82, 2.24) is 15.1 Å². The summed E-state index contributed by atoms with van der Waals surface area (Å²) in [6.07, 6.45) is 1.16. The number of amides is 1. The smallest absolute Gasteiger partial charge is 0.310 e. The molecule has 0 spiro atoms. The SMILES string of the molecule is COc1cc(C(=O)N2CCN(C3CCNC3)CC2)ccc1[N+](=O)[O-].Cl. The van der Waals surface area contributed by atoms with Gasteiger partial charge in [0.2, 0.25) is 0 Å². The van der Waals surface area contributed by atoms with Crippen LogP contribution in [0, 0.1) is 10.1 Å². The predicted octanol–water partition coefficient (Wildman–Crippen LogP) is 1.14. The molecule has 2 aliphatic heterocycles. The van der Waals surface area contributed by atoms with E-state index in [9.17, 15) is 14.9 Å². The predicted molar refractivity (Wildman–Crippen MR) is 95.6 cm³/mol. The number of nitrogens with zero attached hydrogens (tertiary/aromatic N) is 3. The molecule has 25 heavy (non-hydrogen) atoms. The summed E-state index contributed by atoms with van der Waals surface area (Å²) in [5.41, 5.74) is 0.293. The highest BCUT2D eigenvalue weighted by Crippen LogP contribution is 2.28. The molecule has 0 radical (unpaired) electrons. The third-order valence-electron chi connectivity index (χ3n) is 4.78. The summed E-state index contributed by atoms with van der Waals surface area (Å²) in [4.78, 5) is 27.3. The van der Waals surface area contributed by atoms with Gasteiger partial charge in [0.25, 0.3) is 5.91 Å². The highest BCUT2D eigenvalue weighted by molar-refractivity contribution is 5.95. The number of hydrogen-bond acceptors (Lipinski definition) is 6. The standard InChI is InChI=1S/C16H22N4O4.ClH/c1-24-15-10-12(2-3-14(15)20(22)23)16(21)19-8-6-18(7-9-19)13-4-5-17-11-13;/h2-3,10,13,17H,4-9,11H2,1H3;1H. The third kappa shape index (κ3) is 4.20. The van der Waals surface area contributed by atoms with Gasteiger partial charge in [0, 0.05) is 56.5 Å². The van der Waals surface area contributed by atoms with E-state index in [0.29, 0.717) is 24.7 Å². The lowest BCUT2D eigenvalue weighted by molar-refractivity contribution is -0.385. The molecule has 8 nitrogen and oxygen atoms in total. The van der Waals surface area contributed by atoms with Crippen LogP contribution in [-0.2, 0) is 0 Å². The summed E-state index contributed by atoms with van der Waals surface area (Å²) in [7, 11) is 1.37. The van der Waals surface area contributed by atoms with Gasteiger partial charge < -0.3 is 15.0 Å². The van der Waals surface area contributed by atoms with Crippen molar-refractivity contribution in [2.24, 2.45) is 0 Å². The first-order valence-corrected chi connectivity index (χ1v) is 8.16. The van der Waals surface area contributed by atoms with Gasteiger partial charge in [-0.2, -0.15) is 0 Å². The Labute approximate surface area is 152 Å². The van der Waals surface area contributed by atoms with E-state index in [1.807, 2.05) is 0 Å². The summed E-state index contributed by atoms with van der Waals surface area (Å²) in [6, 6.07) is 4.85. The first kappa shape index (κ1) is 19.4. The molecule has 1 aromatic rings. The number of halogens is 1. The van der Waals surface area contributed by atoms with Crippen LogP contribution in [0.2, 0.25) is 0 Å². The van der Waals surface area contributed by atoms with Crippen LogP contribution < -0.4 is 10.1 Å². The van der Waals surface area contributed by atoms with Crippen molar-refractivity contribution in [3.63, 3.8) is 0 Å². The molecule has 1 amide bonds. The van der Waals surface area contributed by atoms with Gasteiger partial charge in [-0.05, 0) is 19.0 Å². The molecule has 2 aliphatic rings. The number of hydrogen-bond donors (Lipinski definition) is 1. The van der Waals surface area contributed by atoms with Crippen LogP contribution >= 0.6 is 12.4 Å². The zero-order valence-electron chi connectivity index (χ0n) is 14.1. The van der Waals surface area contributed by atoms with Gasteiger partial charge in [-0.3, -0.25) is 19.8 Å². The maximum absolute atomic E-state index is 12.6. The van der Waals surface area contributed by atoms with Gasteiger partial charge >= 0.3 is 5.69 Å². The van der Waals surface area contributed by atoms with Crippen LogP contribution in [0.25, 0.3) is 0 Å². The molecule has 2 saturated heterocycles. The van der Waals surface area contributed by atoms with Crippen molar-refractivity contribution in [2.45, 2.75) is 12.5 Å². The van der Waals surface area contributed by atoms with Crippen molar-refractivity contribution in [3.05, 3.63) is 33.9 Å². The number of ether oxygens (including phenoxy) is 1. The molecule has 1 atom stereocenters. The molecule has 2 heterocycles. The Bertz CT molecular complexity index is 629. The Morgan fingerprint density at radius 2 is 2.04 bits per heavy atom. The van der Waals surface area contributed by atoms with E-state index in [0.717, 1.165) is 32.6 Å². The van der Waals surface area contributed by atoms with Crippen LogP contribution in [0.15, 0.2) is 18.2 Å². The first-order valence-electron chi connectivity index (χ1n) is 8.16. The molecular formula is C16H23ClN4O4. The van der Waals surface area contributed by atoms with Crippen molar-refractivity contribution in [3.8, 4) is 5.75 Å². The second-order valence-electron chi connectivity index (χ2n) is 6.12. The number of nitro groups is 1. The van der Waals surface area contributed by atoms with E-state index in [1.54, 1.807) is 4.90 Å². The fraction of sp³-hybridized carbons (Fsp3) is 0.562. The zero-order chi connectivity index (χ0) is 17.1. The van der Waals surface area contributed by atoms with Gasteiger partial charge in [-0.25, -0.2) is 0 Å². The van der Waals surface area contributed by atoms with Gasteiger partial charge in [0.05, 0.1) is 12.0 Å². The average molecular weight is 371 g/mol. The van der Waals surface area contributed by atoms with Crippen LogP contribution in [0.3, 0.4) is 0 Å². The molecule has 2 fully saturated rings.